The van der Waals surface area contributed by atoms with E-state index in [-0.39, 0.29) is 21.6 Å². The van der Waals surface area contributed by atoms with Gasteiger partial charge in [-0.25, -0.2) is 8.42 Å². The van der Waals surface area contributed by atoms with E-state index in [2.05, 4.69) is 0 Å². The molecule has 2 aliphatic rings. The van der Waals surface area contributed by atoms with E-state index in [0.717, 1.165) is 25.7 Å². The fourth-order valence-corrected chi connectivity index (χ4v) is 6.51. The normalized spacial score (nSPS) is 24.3. The van der Waals surface area contributed by atoms with Crippen LogP contribution in [0.4, 0.5) is 0 Å². The molecule has 140 valence electrons. The predicted molar refractivity (Wildman–Crippen MR) is 99.6 cm³/mol. The minimum absolute atomic E-state index is 0.207. The van der Waals surface area contributed by atoms with E-state index in [0.29, 0.717) is 25.3 Å². The molecule has 1 saturated heterocycles. The van der Waals surface area contributed by atoms with Crippen molar-refractivity contribution in [2.24, 2.45) is 0 Å². The van der Waals surface area contributed by atoms with Crippen molar-refractivity contribution in [1.82, 2.24) is 9.21 Å². The summed E-state index contributed by atoms with van der Waals surface area (Å²) in [6, 6.07) is 5.02. The molecule has 1 heterocycles. The first-order valence-corrected chi connectivity index (χ1v) is 10.6. The van der Waals surface area contributed by atoms with Crippen LogP contribution >= 0.6 is 11.6 Å². The van der Waals surface area contributed by atoms with Crippen molar-refractivity contribution in [3.05, 3.63) is 28.8 Å². The van der Waals surface area contributed by atoms with E-state index in [1.54, 1.807) is 29.4 Å². The zero-order valence-electron chi connectivity index (χ0n) is 15.2. The fraction of sp³-hybridized carbons (Fsp3) is 0.667. The molecule has 1 spiro atoms. The van der Waals surface area contributed by atoms with E-state index in [9.17, 15) is 8.42 Å². The van der Waals surface area contributed by atoms with Crippen LogP contribution in [0, 0.1) is 6.92 Å². The lowest BCUT2D eigenvalue weighted by atomic mass is 9.99. The van der Waals surface area contributed by atoms with Crippen LogP contribution in [0.15, 0.2) is 23.1 Å². The summed E-state index contributed by atoms with van der Waals surface area (Å²) in [7, 11) is 0.213. The van der Waals surface area contributed by atoms with Crippen molar-refractivity contribution in [2.45, 2.75) is 49.1 Å². The number of nitrogens with zero attached hydrogens (tertiary/aromatic N) is 2. The van der Waals surface area contributed by atoms with Gasteiger partial charge in [0.15, 0.2) is 0 Å². The number of ether oxygens (including phenoxy) is 1. The summed E-state index contributed by atoms with van der Waals surface area (Å²) < 4.78 is 34.9. The van der Waals surface area contributed by atoms with E-state index < -0.39 is 10.0 Å². The Kier molecular flexibility index (Phi) is 5.47. The smallest absolute Gasteiger partial charge is 0.245 e. The monoisotopic (exact) mass is 386 g/mol. The highest BCUT2D eigenvalue weighted by Crippen LogP contribution is 2.40. The molecule has 0 radical (unpaired) electrons. The van der Waals surface area contributed by atoms with E-state index in [4.69, 9.17) is 16.3 Å². The van der Waals surface area contributed by atoms with Gasteiger partial charge in [-0.15, -0.1) is 0 Å². The summed E-state index contributed by atoms with van der Waals surface area (Å²) >= 11 is 6.29. The van der Waals surface area contributed by atoms with Gasteiger partial charge in [0.05, 0.1) is 23.3 Å². The zero-order valence-corrected chi connectivity index (χ0v) is 16.7. The molecule has 7 heteroatoms. The lowest BCUT2D eigenvalue weighted by molar-refractivity contribution is -0.109. The first kappa shape index (κ1) is 19.1. The Bertz CT molecular complexity index is 710. The molecule has 3 rings (SSSR count). The average molecular weight is 387 g/mol. The topological polar surface area (TPSA) is 49.9 Å². The molecule has 0 N–H and O–H groups in total. The van der Waals surface area contributed by atoms with Crippen LogP contribution in [0.5, 0.6) is 0 Å². The molecule has 25 heavy (non-hydrogen) atoms. The summed E-state index contributed by atoms with van der Waals surface area (Å²) in [6.45, 7) is 3.27. The van der Waals surface area contributed by atoms with Crippen molar-refractivity contribution in [1.29, 1.82) is 0 Å². The zero-order chi connectivity index (χ0) is 18.2. The summed E-state index contributed by atoms with van der Waals surface area (Å²) in [5.41, 5.74) is 0.355. The Hall–Kier alpha value is -0.660. The average Bonchev–Trinajstić information content (AvgIpc) is 2.96. The third kappa shape index (κ3) is 3.74. The molecule has 1 aliphatic carbocycles. The molecular formula is C18H27ClN2O3S. The van der Waals surface area contributed by atoms with Gasteiger partial charge in [0.25, 0.3) is 0 Å². The molecular weight excluding hydrogens is 360 g/mol. The number of aryl methyl sites for hydroxylation is 1. The lowest BCUT2D eigenvalue weighted by Gasteiger charge is -2.45. The van der Waals surface area contributed by atoms with Gasteiger partial charge in [0.2, 0.25) is 10.0 Å². The van der Waals surface area contributed by atoms with Gasteiger partial charge in [0.1, 0.15) is 4.90 Å². The van der Waals surface area contributed by atoms with Crippen LogP contribution in [0.2, 0.25) is 5.02 Å². The number of rotatable bonds is 4. The Balaban J connectivity index is 2.01. The molecule has 1 aliphatic heterocycles. The third-order valence-corrected chi connectivity index (χ3v) is 7.78. The summed E-state index contributed by atoms with van der Waals surface area (Å²) in [6.07, 6.45) is 4.04. The first-order valence-electron chi connectivity index (χ1n) is 8.81. The predicted octanol–water partition coefficient (Wildman–Crippen LogP) is 2.91. The molecule has 1 unspecified atom stereocenters. The Morgan fingerprint density at radius 1 is 1.32 bits per heavy atom. The highest BCUT2D eigenvalue weighted by atomic mass is 35.5. The SMILES string of the molecule is Cc1cccc(Cl)c1S(=O)(=O)N1CC2(CCCC2)OCC1CN(C)C. The maximum atomic E-state index is 13.5. The van der Waals surface area contributed by atoms with Gasteiger partial charge >= 0.3 is 0 Å². The van der Waals surface area contributed by atoms with Crippen LogP contribution < -0.4 is 0 Å². The van der Waals surface area contributed by atoms with Gasteiger partial charge < -0.3 is 9.64 Å². The highest BCUT2D eigenvalue weighted by Gasteiger charge is 2.47. The first-order chi connectivity index (χ1) is 11.8. The third-order valence-electron chi connectivity index (χ3n) is 5.25. The Labute approximate surface area is 155 Å². The Morgan fingerprint density at radius 3 is 2.60 bits per heavy atom. The van der Waals surface area contributed by atoms with Gasteiger partial charge in [-0.05, 0) is 45.5 Å². The minimum atomic E-state index is -3.69. The van der Waals surface area contributed by atoms with Crippen molar-refractivity contribution < 1.29 is 13.2 Å². The van der Waals surface area contributed by atoms with Crippen LogP contribution in [-0.2, 0) is 14.8 Å². The van der Waals surface area contributed by atoms with Gasteiger partial charge in [0, 0.05) is 13.1 Å². The van der Waals surface area contributed by atoms with Crippen molar-refractivity contribution >= 4 is 21.6 Å². The van der Waals surface area contributed by atoms with Crippen molar-refractivity contribution in [3.8, 4) is 0 Å². The fourth-order valence-electron chi connectivity index (χ4n) is 4.04. The quantitative estimate of drug-likeness (QED) is 0.798. The molecule has 0 amide bonds. The summed E-state index contributed by atoms with van der Waals surface area (Å²) in [5.74, 6) is 0. The highest BCUT2D eigenvalue weighted by molar-refractivity contribution is 7.89. The number of halogens is 1. The van der Waals surface area contributed by atoms with E-state index in [1.165, 1.54) is 0 Å². The number of benzene rings is 1. The second-order valence-electron chi connectivity index (χ2n) is 7.55. The van der Waals surface area contributed by atoms with Crippen LogP contribution in [0.1, 0.15) is 31.2 Å². The molecule has 1 aromatic rings. The number of sulfonamides is 1. The van der Waals surface area contributed by atoms with Crippen LogP contribution in [0.25, 0.3) is 0 Å². The van der Waals surface area contributed by atoms with Gasteiger partial charge in [-0.2, -0.15) is 4.31 Å². The maximum absolute atomic E-state index is 13.5. The number of morpholine rings is 1. The van der Waals surface area contributed by atoms with Gasteiger partial charge in [-0.3, -0.25) is 0 Å². The largest absolute Gasteiger partial charge is 0.372 e. The lowest BCUT2D eigenvalue weighted by Crippen LogP contribution is -2.59. The standard InChI is InChI=1S/C18H27ClN2O3S/c1-14-7-6-8-16(19)17(14)25(22,23)21-13-18(9-4-5-10-18)24-12-15(21)11-20(2)3/h6-8,15H,4-5,9-13H2,1-3H3. The number of hydrogen-bond acceptors (Lipinski definition) is 4. The van der Waals surface area contributed by atoms with Crippen LogP contribution in [0.3, 0.4) is 0 Å². The number of likely N-dealkylation sites (N-methyl/N-ethyl adjacent to an activating group) is 1. The van der Waals surface area contributed by atoms with Crippen molar-refractivity contribution in [2.75, 3.05) is 33.8 Å². The molecule has 0 aromatic heterocycles. The van der Waals surface area contributed by atoms with Gasteiger partial charge in [-0.1, -0.05) is 36.6 Å². The van der Waals surface area contributed by atoms with E-state index in [1.807, 2.05) is 19.0 Å². The summed E-state index contributed by atoms with van der Waals surface area (Å²) in [5, 5.41) is 0.288. The molecule has 2 fully saturated rings. The number of hydrogen-bond donors (Lipinski definition) is 0. The maximum Gasteiger partial charge on any atom is 0.245 e. The molecule has 5 nitrogen and oxygen atoms in total. The van der Waals surface area contributed by atoms with Crippen molar-refractivity contribution in [3.63, 3.8) is 0 Å². The van der Waals surface area contributed by atoms with Crippen LogP contribution in [-0.4, -0.2) is 63.1 Å². The second-order valence-corrected chi connectivity index (χ2v) is 9.79. The second kappa shape index (κ2) is 7.16. The molecule has 0 bridgehead atoms. The summed E-state index contributed by atoms with van der Waals surface area (Å²) in [4.78, 5) is 2.23. The molecule has 1 saturated carbocycles. The minimum Gasteiger partial charge on any atom is -0.372 e. The van der Waals surface area contributed by atoms with E-state index >= 15 is 0 Å². The molecule has 1 atom stereocenters. The Morgan fingerprint density at radius 2 is 2.00 bits per heavy atom. The molecule has 1 aromatic carbocycles.